The van der Waals surface area contributed by atoms with Gasteiger partial charge in [0.25, 0.3) is 0 Å². The van der Waals surface area contributed by atoms with Crippen molar-refractivity contribution < 1.29 is 4.74 Å². The average molecular weight is 285 g/mol. The van der Waals surface area contributed by atoms with Crippen LogP contribution in [-0.4, -0.2) is 35.7 Å². The maximum absolute atomic E-state index is 5.50. The number of aromatic nitrogens is 1. The molecule has 1 aliphatic heterocycles. The summed E-state index contributed by atoms with van der Waals surface area (Å²) in [4.78, 5) is 6.67. The largest absolute Gasteiger partial charge is 0.378 e. The molecule has 1 unspecified atom stereocenters. The Morgan fingerprint density at radius 3 is 3.19 bits per heavy atom. The molecule has 0 aromatic carbocycles. The zero-order chi connectivity index (χ0) is 11.4. The van der Waals surface area contributed by atoms with Crippen LogP contribution in [0, 0.1) is 0 Å². The Kier molecular flexibility index (Phi) is 4.32. The van der Waals surface area contributed by atoms with Gasteiger partial charge in [-0.2, -0.15) is 0 Å². The number of halogens is 1. The van der Waals surface area contributed by atoms with Crippen LogP contribution >= 0.6 is 15.9 Å². The van der Waals surface area contributed by atoms with Gasteiger partial charge in [0.1, 0.15) is 0 Å². The molecule has 16 heavy (non-hydrogen) atoms. The molecule has 88 valence electrons. The number of rotatable bonds is 3. The van der Waals surface area contributed by atoms with Gasteiger partial charge in [-0.25, -0.2) is 0 Å². The first-order valence-corrected chi connectivity index (χ1v) is 6.50. The van der Waals surface area contributed by atoms with E-state index in [9.17, 15) is 0 Å². The molecule has 1 aliphatic rings. The van der Waals surface area contributed by atoms with E-state index in [1.54, 1.807) is 0 Å². The molecule has 4 heteroatoms. The zero-order valence-electron chi connectivity index (χ0n) is 9.53. The van der Waals surface area contributed by atoms with Crippen molar-refractivity contribution in [3.05, 3.63) is 28.5 Å². The number of ether oxygens (including phenoxy) is 1. The molecule has 1 saturated heterocycles. The van der Waals surface area contributed by atoms with E-state index in [1.807, 2.05) is 12.4 Å². The maximum Gasteiger partial charge on any atom is 0.0622 e. The van der Waals surface area contributed by atoms with E-state index < -0.39 is 0 Å². The van der Waals surface area contributed by atoms with Crippen molar-refractivity contribution in [1.29, 1.82) is 0 Å². The number of pyridine rings is 1. The molecule has 0 bridgehead atoms. The Bertz CT molecular complexity index is 346. The molecule has 1 aromatic rings. The number of nitrogens with zero attached hydrogens (tertiary/aromatic N) is 2. The number of hydrogen-bond donors (Lipinski definition) is 0. The first-order chi connectivity index (χ1) is 7.79. The van der Waals surface area contributed by atoms with Crippen molar-refractivity contribution in [3.8, 4) is 0 Å². The smallest absolute Gasteiger partial charge is 0.0622 e. The van der Waals surface area contributed by atoms with Crippen molar-refractivity contribution >= 4 is 15.9 Å². The van der Waals surface area contributed by atoms with Gasteiger partial charge in [-0.15, -0.1) is 0 Å². The molecular weight excluding hydrogens is 268 g/mol. The van der Waals surface area contributed by atoms with Gasteiger partial charge in [0.05, 0.1) is 13.2 Å². The lowest BCUT2D eigenvalue weighted by Gasteiger charge is -2.34. The molecule has 3 nitrogen and oxygen atoms in total. The summed E-state index contributed by atoms with van der Waals surface area (Å²) < 4.78 is 6.55. The molecule has 0 spiro atoms. The molecule has 0 N–H and O–H groups in total. The van der Waals surface area contributed by atoms with Crippen LogP contribution in [0.5, 0.6) is 0 Å². The second kappa shape index (κ2) is 5.75. The molecule has 1 fully saturated rings. The Morgan fingerprint density at radius 2 is 2.44 bits per heavy atom. The molecule has 1 aromatic heterocycles. The fourth-order valence-corrected chi connectivity index (χ4v) is 2.46. The highest BCUT2D eigenvalue weighted by molar-refractivity contribution is 9.10. The summed E-state index contributed by atoms with van der Waals surface area (Å²) in [5.74, 6) is 0. The minimum atomic E-state index is 0.549. The number of hydrogen-bond acceptors (Lipinski definition) is 3. The summed E-state index contributed by atoms with van der Waals surface area (Å²) in [5.41, 5.74) is 1.26. The molecule has 2 heterocycles. The monoisotopic (exact) mass is 284 g/mol. The van der Waals surface area contributed by atoms with Crippen LogP contribution < -0.4 is 0 Å². The predicted octanol–water partition coefficient (Wildman–Crippen LogP) is 2.45. The summed E-state index contributed by atoms with van der Waals surface area (Å²) in [6.07, 6.45) is 4.90. The molecule has 0 amide bonds. The highest BCUT2D eigenvalue weighted by Crippen LogP contribution is 2.16. The minimum Gasteiger partial charge on any atom is -0.378 e. The molecule has 0 saturated carbocycles. The van der Waals surface area contributed by atoms with Crippen molar-refractivity contribution in [2.75, 3.05) is 19.8 Å². The fourth-order valence-electron chi connectivity index (χ4n) is 2.05. The Hall–Kier alpha value is -0.450. The predicted molar refractivity (Wildman–Crippen MR) is 67.2 cm³/mol. The zero-order valence-corrected chi connectivity index (χ0v) is 11.1. The molecule has 2 rings (SSSR count). The fraction of sp³-hybridized carbons (Fsp3) is 0.583. The van der Waals surface area contributed by atoms with Crippen molar-refractivity contribution in [3.63, 3.8) is 0 Å². The van der Waals surface area contributed by atoms with Crippen molar-refractivity contribution in [1.82, 2.24) is 9.88 Å². The van der Waals surface area contributed by atoms with Gasteiger partial charge < -0.3 is 4.74 Å². The molecular formula is C12H17BrN2O. The van der Waals surface area contributed by atoms with Crippen LogP contribution in [0.4, 0.5) is 0 Å². The van der Waals surface area contributed by atoms with Crippen molar-refractivity contribution in [2.24, 2.45) is 0 Å². The van der Waals surface area contributed by atoms with Crippen LogP contribution in [0.15, 0.2) is 22.9 Å². The first-order valence-electron chi connectivity index (χ1n) is 5.71. The van der Waals surface area contributed by atoms with Gasteiger partial charge in [-0.3, -0.25) is 9.88 Å². The molecule has 1 atom stereocenters. The number of morpholine rings is 1. The Morgan fingerprint density at radius 1 is 1.56 bits per heavy atom. The van der Waals surface area contributed by atoms with E-state index in [0.29, 0.717) is 6.04 Å². The van der Waals surface area contributed by atoms with Gasteiger partial charge in [-0.1, -0.05) is 6.92 Å². The lowest BCUT2D eigenvalue weighted by molar-refractivity contribution is -0.0127. The molecule has 0 radical (unpaired) electrons. The quantitative estimate of drug-likeness (QED) is 0.853. The topological polar surface area (TPSA) is 25.4 Å². The summed E-state index contributed by atoms with van der Waals surface area (Å²) in [5, 5.41) is 0. The summed E-state index contributed by atoms with van der Waals surface area (Å²) in [6.45, 7) is 5.90. The van der Waals surface area contributed by atoms with Gasteiger partial charge in [0.15, 0.2) is 0 Å². The van der Waals surface area contributed by atoms with E-state index in [2.05, 4.69) is 38.8 Å². The second-order valence-electron chi connectivity index (χ2n) is 4.12. The maximum atomic E-state index is 5.50. The van der Waals surface area contributed by atoms with E-state index in [4.69, 9.17) is 4.74 Å². The summed E-state index contributed by atoms with van der Waals surface area (Å²) in [6, 6.07) is 2.68. The highest BCUT2D eigenvalue weighted by atomic mass is 79.9. The lowest BCUT2D eigenvalue weighted by Crippen LogP contribution is -2.44. The van der Waals surface area contributed by atoms with Gasteiger partial charge in [0, 0.05) is 36.0 Å². The Balaban J connectivity index is 2.02. The first kappa shape index (κ1) is 12.0. The van der Waals surface area contributed by atoms with Crippen molar-refractivity contribution in [2.45, 2.75) is 25.9 Å². The highest BCUT2D eigenvalue weighted by Gasteiger charge is 2.21. The normalized spacial score (nSPS) is 22.2. The van der Waals surface area contributed by atoms with Crippen LogP contribution in [0.1, 0.15) is 18.9 Å². The summed E-state index contributed by atoms with van der Waals surface area (Å²) >= 11 is 3.45. The van der Waals surface area contributed by atoms with Gasteiger partial charge >= 0.3 is 0 Å². The van der Waals surface area contributed by atoms with Crippen LogP contribution in [0.2, 0.25) is 0 Å². The standard InChI is InChI=1S/C12H17BrN2O/c1-2-12-9-16-4-3-15(12)8-10-5-11(13)7-14-6-10/h5-7,12H,2-4,8-9H2,1H3. The summed E-state index contributed by atoms with van der Waals surface area (Å²) in [7, 11) is 0. The molecule has 0 aliphatic carbocycles. The minimum absolute atomic E-state index is 0.549. The van der Waals surface area contributed by atoms with E-state index in [0.717, 1.165) is 37.2 Å². The van der Waals surface area contributed by atoms with Crippen LogP contribution in [0.25, 0.3) is 0 Å². The Labute approximate surface area is 105 Å². The van der Waals surface area contributed by atoms with Gasteiger partial charge in [0.2, 0.25) is 0 Å². The SMILES string of the molecule is CCC1COCCN1Cc1cncc(Br)c1. The van der Waals surface area contributed by atoms with E-state index >= 15 is 0 Å². The second-order valence-corrected chi connectivity index (χ2v) is 5.03. The third kappa shape index (κ3) is 3.03. The third-order valence-corrected chi connectivity index (χ3v) is 3.40. The van der Waals surface area contributed by atoms with E-state index in [1.165, 1.54) is 5.56 Å². The van der Waals surface area contributed by atoms with E-state index in [-0.39, 0.29) is 0 Å². The average Bonchev–Trinajstić information content (AvgIpc) is 2.30. The third-order valence-electron chi connectivity index (χ3n) is 2.97. The van der Waals surface area contributed by atoms with Gasteiger partial charge in [-0.05, 0) is 34.0 Å². The van der Waals surface area contributed by atoms with Crippen LogP contribution in [0.3, 0.4) is 0 Å². The van der Waals surface area contributed by atoms with Crippen LogP contribution in [-0.2, 0) is 11.3 Å². The lowest BCUT2D eigenvalue weighted by atomic mass is 10.1.